The summed E-state index contributed by atoms with van der Waals surface area (Å²) in [7, 11) is 1.84. The third-order valence-corrected chi connectivity index (χ3v) is 5.85. The number of aromatic nitrogens is 2. The summed E-state index contributed by atoms with van der Waals surface area (Å²) in [6.45, 7) is 9.35. The molecule has 0 aliphatic carbocycles. The van der Waals surface area contributed by atoms with Crippen molar-refractivity contribution in [2.24, 2.45) is 13.0 Å². The first-order chi connectivity index (χ1) is 13.5. The fraction of sp³-hybridized carbons (Fsp3) is 0.565. The molecule has 1 aromatic carbocycles. The predicted octanol–water partition coefficient (Wildman–Crippen LogP) is 3.88. The number of carbonyl (C=O) groups is 1. The minimum Gasteiger partial charge on any atom is -0.349 e. The summed E-state index contributed by atoms with van der Waals surface area (Å²) in [5, 5.41) is 7.64. The Hall–Kier alpha value is -2.14. The van der Waals surface area contributed by atoms with Crippen molar-refractivity contribution in [2.75, 3.05) is 19.6 Å². The largest absolute Gasteiger partial charge is 0.349 e. The monoisotopic (exact) mass is 382 g/mol. The Morgan fingerprint density at radius 1 is 1.25 bits per heavy atom. The van der Waals surface area contributed by atoms with Gasteiger partial charge in [-0.2, -0.15) is 5.10 Å². The lowest BCUT2D eigenvalue weighted by Crippen LogP contribution is -2.42. The van der Waals surface area contributed by atoms with E-state index in [1.54, 1.807) is 4.68 Å². The van der Waals surface area contributed by atoms with E-state index in [1.165, 1.54) is 24.0 Å². The van der Waals surface area contributed by atoms with Crippen LogP contribution in [-0.2, 0) is 13.5 Å². The first-order valence-corrected chi connectivity index (χ1v) is 10.6. The lowest BCUT2D eigenvalue weighted by Gasteiger charge is -2.37. The maximum atomic E-state index is 12.8. The molecule has 152 valence electrons. The van der Waals surface area contributed by atoms with Crippen LogP contribution in [0.2, 0.25) is 0 Å². The van der Waals surface area contributed by atoms with Crippen molar-refractivity contribution < 1.29 is 4.79 Å². The lowest BCUT2D eigenvalue weighted by atomic mass is 9.95. The number of benzene rings is 1. The highest BCUT2D eigenvalue weighted by Crippen LogP contribution is 2.26. The van der Waals surface area contributed by atoms with Crippen LogP contribution < -0.4 is 5.32 Å². The van der Waals surface area contributed by atoms with Gasteiger partial charge in [-0.15, -0.1) is 0 Å². The average Bonchev–Trinajstić information content (AvgIpc) is 3.05. The molecule has 2 heterocycles. The second-order valence-corrected chi connectivity index (χ2v) is 8.25. The van der Waals surface area contributed by atoms with Crippen molar-refractivity contribution in [2.45, 2.75) is 52.5 Å². The number of rotatable bonds is 7. The Morgan fingerprint density at radius 3 is 2.57 bits per heavy atom. The van der Waals surface area contributed by atoms with E-state index >= 15 is 0 Å². The zero-order chi connectivity index (χ0) is 20.1. The van der Waals surface area contributed by atoms with Crippen LogP contribution >= 0.6 is 0 Å². The highest BCUT2D eigenvalue weighted by molar-refractivity contribution is 5.92. The molecule has 1 aliphatic heterocycles. The number of nitrogens with one attached hydrogen (secondary N) is 1. The van der Waals surface area contributed by atoms with Gasteiger partial charge in [-0.25, -0.2) is 0 Å². The van der Waals surface area contributed by atoms with Crippen LogP contribution in [0, 0.1) is 12.8 Å². The van der Waals surface area contributed by atoms with Crippen molar-refractivity contribution in [3.63, 3.8) is 0 Å². The molecule has 5 heteroatoms. The lowest BCUT2D eigenvalue weighted by molar-refractivity contribution is 0.0904. The van der Waals surface area contributed by atoms with E-state index in [1.807, 2.05) is 13.1 Å². The molecule has 0 radical (unpaired) electrons. The Morgan fingerprint density at radius 2 is 1.93 bits per heavy atom. The van der Waals surface area contributed by atoms with Crippen LogP contribution in [0.5, 0.6) is 0 Å². The summed E-state index contributed by atoms with van der Waals surface area (Å²) in [6.07, 6.45) is 4.37. The van der Waals surface area contributed by atoms with E-state index in [4.69, 9.17) is 0 Å². The molecule has 1 fully saturated rings. The van der Waals surface area contributed by atoms with E-state index < -0.39 is 0 Å². The molecular formula is C23H34N4O. The van der Waals surface area contributed by atoms with E-state index in [0.29, 0.717) is 12.2 Å². The molecule has 28 heavy (non-hydrogen) atoms. The molecule has 0 saturated carbocycles. The fourth-order valence-electron chi connectivity index (χ4n) is 3.98. The molecule has 1 atom stereocenters. The van der Waals surface area contributed by atoms with Gasteiger partial charge in [0, 0.05) is 13.6 Å². The number of hydrogen-bond donors (Lipinski definition) is 1. The molecule has 2 aromatic rings. The highest BCUT2D eigenvalue weighted by Gasteiger charge is 2.25. The minimum atomic E-state index is -0.0418. The van der Waals surface area contributed by atoms with Crippen LogP contribution in [0.15, 0.2) is 30.3 Å². The minimum absolute atomic E-state index is 0.0418. The third kappa shape index (κ3) is 5.02. The molecule has 0 spiro atoms. The summed E-state index contributed by atoms with van der Waals surface area (Å²) in [4.78, 5) is 15.3. The van der Waals surface area contributed by atoms with Crippen LogP contribution in [0.1, 0.15) is 66.5 Å². The maximum absolute atomic E-state index is 12.8. The molecular weight excluding hydrogens is 348 g/mol. The summed E-state index contributed by atoms with van der Waals surface area (Å²) in [5.74, 6) is 0.746. The van der Waals surface area contributed by atoms with Crippen molar-refractivity contribution in [1.82, 2.24) is 20.0 Å². The molecule has 1 unspecified atom stereocenters. The van der Waals surface area contributed by atoms with Crippen LogP contribution in [-0.4, -0.2) is 40.2 Å². The van der Waals surface area contributed by atoms with Gasteiger partial charge in [0.1, 0.15) is 5.69 Å². The van der Waals surface area contributed by atoms with Gasteiger partial charge in [-0.05, 0) is 56.8 Å². The topological polar surface area (TPSA) is 50.2 Å². The third-order valence-electron chi connectivity index (χ3n) is 5.85. The van der Waals surface area contributed by atoms with Gasteiger partial charge in [-0.1, -0.05) is 50.1 Å². The van der Waals surface area contributed by atoms with E-state index in [2.05, 4.69) is 60.4 Å². The predicted molar refractivity (Wildman–Crippen MR) is 113 cm³/mol. The van der Waals surface area contributed by atoms with Crippen molar-refractivity contribution in [1.29, 1.82) is 0 Å². The first kappa shape index (κ1) is 20.6. The van der Waals surface area contributed by atoms with Gasteiger partial charge in [-0.3, -0.25) is 14.4 Å². The Labute approximate surface area is 169 Å². The summed E-state index contributed by atoms with van der Waals surface area (Å²) < 4.78 is 1.70. The summed E-state index contributed by atoms with van der Waals surface area (Å²) in [5.41, 5.74) is 4.16. The normalized spacial score (nSPS) is 16.9. The zero-order valence-corrected chi connectivity index (χ0v) is 17.7. The standard InChI is InChI=1S/C23H34N4O/c1-5-6-20-15-21(26(4)25-20)23(28)24-16-22(19-9-7-17(2)8-10-19)27-13-11-18(3)12-14-27/h7-10,15,18,22H,5-6,11-14,16H2,1-4H3,(H,24,28). The number of piperidine rings is 1. The number of likely N-dealkylation sites (tertiary alicyclic amines) is 1. The zero-order valence-electron chi connectivity index (χ0n) is 17.7. The van der Waals surface area contributed by atoms with Gasteiger partial charge in [0.15, 0.2) is 0 Å². The molecule has 1 amide bonds. The molecule has 1 N–H and O–H groups in total. The van der Waals surface area contributed by atoms with E-state index in [9.17, 15) is 4.79 Å². The van der Waals surface area contributed by atoms with Crippen LogP contribution in [0.4, 0.5) is 0 Å². The molecule has 1 aromatic heterocycles. The second-order valence-electron chi connectivity index (χ2n) is 8.25. The van der Waals surface area contributed by atoms with Gasteiger partial charge >= 0.3 is 0 Å². The van der Waals surface area contributed by atoms with E-state index in [0.717, 1.165) is 37.5 Å². The number of nitrogens with zero attached hydrogens (tertiary/aromatic N) is 3. The van der Waals surface area contributed by atoms with Gasteiger partial charge in [0.05, 0.1) is 11.7 Å². The quantitative estimate of drug-likeness (QED) is 0.790. The summed E-state index contributed by atoms with van der Waals surface area (Å²) in [6, 6.07) is 10.9. The Balaban J connectivity index is 1.72. The van der Waals surface area contributed by atoms with Gasteiger partial charge in [0.2, 0.25) is 0 Å². The molecule has 3 rings (SSSR count). The highest BCUT2D eigenvalue weighted by atomic mass is 16.2. The number of carbonyl (C=O) groups excluding carboxylic acids is 1. The van der Waals surface area contributed by atoms with Gasteiger partial charge < -0.3 is 5.32 Å². The molecule has 5 nitrogen and oxygen atoms in total. The van der Waals surface area contributed by atoms with Crippen molar-refractivity contribution in [3.05, 3.63) is 52.8 Å². The van der Waals surface area contributed by atoms with Crippen LogP contribution in [0.3, 0.4) is 0 Å². The maximum Gasteiger partial charge on any atom is 0.269 e. The van der Waals surface area contributed by atoms with Crippen molar-refractivity contribution in [3.8, 4) is 0 Å². The smallest absolute Gasteiger partial charge is 0.269 e. The fourth-order valence-corrected chi connectivity index (χ4v) is 3.98. The van der Waals surface area contributed by atoms with E-state index in [-0.39, 0.29) is 11.9 Å². The molecule has 1 aliphatic rings. The van der Waals surface area contributed by atoms with Crippen molar-refractivity contribution >= 4 is 5.91 Å². The number of amides is 1. The second kappa shape index (κ2) is 9.37. The Kier molecular flexibility index (Phi) is 6.89. The number of hydrogen-bond acceptors (Lipinski definition) is 3. The first-order valence-electron chi connectivity index (χ1n) is 10.6. The average molecular weight is 383 g/mol. The summed E-state index contributed by atoms with van der Waals surface area (Å²) >= 11 is 0. The number of aryl methyl sites for hydroxylation is 3. The molecule has 1 saturated heterocycles. The molecule has 0 bridgehead atoms. The van der Waals surface area contributed by atoms with Gasteiger partial charge in [0.25, 0.3) is 5.91 Å². The SMILES string of the molecule is CCCc1cc(C(=O)NCC(c2ccc(C)cc2)N2CCC(C)CC2)n(C)n1. The van der Waals surface area contributed by atoms with Crippen LogP contribution in [0.25, 0.3) is 0 Å². The Bertz CT molecular complexity index is 772.